The minimum Gasteiger partial charge on any atom is -0.289 e. The fourth-order valence-corrected chi connectivity index (χ4v) is 1.51. The SMILES string of the molecule is CCC1CC1C(=O)NS(=O)O. The van der Waals surface area contributed by atoms with Gasteiger partial charge in [0.25, 0.3) is 11.3 Å². The van der Waals surface area contributed by atoms with Crippen LogP contribution in [-0.4, -0.2) is 14.7 Å². The molecule has 1 fully saturated rings. The highest BCUT2D eigenvalue weighted by Gasteiger charge is 2.41. The second-order valence-corrected chi connectivity index (χ2v) is 3.43. The Morgan fingerprint density at radius 1 is 1.82 bits per heavy atom. The van der Waals surface area contributed by atoms with E-state index in [1.165, 1.54) is 0 Å². The summed E-state index contributed by atoms with van der Waals surface area (Å²) in [5, 5.41) is 0. The van der Waals surface area contributed by atoms with Crippen LogP contribution in [0, 0.1) is 11.8 Å². The predicted octanol–water partition coefficient (Wildman–Crippen LogP) is 0.285. The zero-order chi connectivity index (χ0) is 8.43. The summed E-state index contributed by atoms with van der Waals surface area (Å²) < 4.78 is 20.4. The summed E-state index contributed by atoms with van der Waals surface area (Å²) in [5.41, 5.74) is 0. The fraction of sp³-hybridized carbons (Fsp3) is 0.833. The van der Waals surface area contributed by atoms with Gasteiger partial charge in [-0.25, -0.2) is 4.21 Å². The molecule has 0 aliphatic heterocycles. The number of hydrogen-bond acceptors (Lipinski definition) is 2. The molecule has 64 valence electrons. The van der Waals surface area contributed by atoms with Gasteiger partial charge in [-0.05, 0) is 12.3 Å². The third-order valence-electron chi connectivity index (χ3n) is 1.97. The molecular formula is C6H11NO3S. The Morgan fingerprint density at radius 2 is 2.45 bits per heavy atom. The van der Waals surface area contributed by atoms with Crippen LogP contribution in [-0.2, 0) is 16.1 Å². The van der Waals surface area contributed by atoms with Crippen molar-refractivity contribution in [3.8, 4) is 0 Å². The first kappa shape index (κ1) is 8.67. The molecule has 2 N–H and O–H groups in total. The zero-order valence-corrected chi connectivity index (χ0v) is 7.06. The number of rotatable bonds is 3. The van der Waals surface area contributed by atoms with Crippen molar-refractivity contribution in [3.05, 3.63) is 0 Å². The summed E-state index contributed by atoms with van der Waals surface area (Å²) in [4.78, 5) is 10.9. The number of carbonyl (C=O) groups is 1. The third-order valence-corrected chi connectivity index (χ3v) is 2.35. The summed E-state index contributed by atoms with van der Waals surface area (Å²) in [6.45, 7) is 2.01. The van der Waals surface area contributed by atoms with E-state index < -0.39 is 11.3 Å². The highest BCUT2D eigenvalue weighted by molar-refractivity contribution is 7.77. The molecule has 1 amide bonds. The van der Waals surface area contributed by atoms with Crippen molar-refractivity contribution in [3.63, 3.8) is 0 Å². The molecule has 1 saturated carbocycles. The average Bonchev–Trinajstić information content (AvgIpc) is 2.63. The van der Waals surface area contributed by atoms with Crippen LogP contribution in [0.25, 0.3) is 0 Å². The van der Waals surface area contributed by atoms with Crippen molar-refractivity contribution in [1.29, 1.82) is 0 Å². The van der Waals surface area contributed by atoms with Crippen molar-refractivity contribution in [2.45, 2.75) is 19.8 Å². The van der Waals surface area contributed by atoms with E-state index in [4.69, 9.17) is 4.55 Å². The summed E-state index contributed by atoms with van der Waals surface area (Å²) in [5.74, 6) is 0.118. The van der Waals surface area contributed by atoms with Crippen LogP contribution in [0.15, 0.2) is 0 Å². The number of amides is 1. The Labute approximate surface area is 67.8 Å². The maximum absolute atomic E-state index is 10.9. The molecule has 1 rings (SSSR count). The lowest BCUT2D eigenvalue weighted by molar-refractivity contribution is -0.120. The molecule has 0 radical (unpaired) electrons. The van der Waals surface area contributed by atoms with Crippen LogP contribution in [0.2, 0.25) is 0 Å². The van der Waals surface area contributed by atoms with E-state index >= 15 is 0 Å². The van der Waals surface area contributed by atoms with Gasteiger partial charge in [-0.15, -0.1) is 0 Å². The molecule has 3 unspecified atom stereocenters. The maximum Gasteiger partial charge on any atom is 0.261 e. The molecule has 1 aliphatic rings. The minimum absolute atomic E-state index is 0.0175. The Kier molecular flexibility index (Phi) is 2.62. The van der Waals surface area contributed by atoms with Gasteiger partial charge in [0, 0.05) is 5.92 Å². The van der Waals surface area contributed by atoms with E-state index in [1.54, 1.807) is 0 Å². The van der Waals surface area contributed by atoms with Gasteiger partial charge in [0.1, 0.15) is 0 Å². The van der Waals surface area contributed by atoms with E-state index in [-0.39, 0.29) is 11.8 Å². The van der Waals surface area contributed by atoms with Gasteiger partial charge in [0.15, 0.2) is 0 Å². The van der Waals surface area contributed by atoms with Gasteiger partial charge in [0.2, 0.25) is 5.91 Å². The molecule has 1 aliphatic carbocycles. The van der Waals surface area contributed by atoms with Crippen molar-refractivity contribution in [1.82, 2.24) is 4.72 Å². The first-order valence-corrected chi connectivity index (χ1v) is 4.67. The molecule has 11 heavy (non-hydrogen) atoms. The number of nitrogens with one attached hydrogen (secondary N) is 1. The molecule has 0 bridgehead atoms. The van der Waals surface area contributed by atoms with Gasteiger partial charge in [-0.2, -0.15) is 0 Å². The van der Waals surface area contributed by atoms with E-state index in [0.717, 1.165) is 12.8 Å². The van der Waals surface area contributed by atoms with Gasteiger partial charge in [0.05, 0.1) is 0 Å². The van der Waals surface area contributed by atoms with Gasteiger partial charge >= 0.3 is 0 Å². The summed E-state index contributed by atoms with van der Waals surface area (Å²) in [6, 6.07) is 0. The van der Waals surface area contributed by atoms with Crippen LogP contribution in [0.3, 0.4) is 0 Å². The number of carbonyl (C=O) groups excluding carboxylic acids is 1. The largest absolute Gasteiger partial charge is 0.289 e. The first-order chi connectivity index (χ1) is 5.15. The Hall–Kier alpha value is -0.420. The van der Waals surface area contributed by atoms with Crippen LogP contribution < -0.4 is 4.72 Å². The van der Waals surface area contributed by atoms with Gasteiger partial charge < -0.3 is 0 Å². The number of hydrogen-bond donors (Lipinski definition) is 2. The lowest BCUT2D eigenvalue weighted by atomic mass is 10.2. The van der Waals surface area contributed by atoms with Crippen LogP contribution >= 0.6 is 0 Å². The second kappa shape index (κ2) is 3.32. The molecule has 0 spiro atoms. The molecule has 0 aromatic rings. The molecule has 5 heteroatoms. The molecule has 0 saturated heterocycles. The quantitative estimate of drug-likeness (QED) is 0.609. The molecule has 3 atom stereocenters. The first-order valence-electron chi connectivity index (χ1n) is 3.56. The molecular weight excluding hydrogens is 166 g/mol. The van der Waals surface area contributed by atoms with Crippen molar-refractivity contribution in [2.75, 3.05) is 0 Å². The Bertz CT molecular complexity index is 194. The zero-order valence-electron chi connectivity index (χ0n) is 6.24. The van der Waals surface area contributed by atoms with Crippen LogP contribution in [0.4, 0.5) is 0 Å². The summed E-state index contributed by atoms with van der Waals surface area (Å²) in [6.07, 6.45) is 1.83. The van der Waals surface area contributed by atoms with E-state index in [1.807, 2.05) is 11.6 Å². The monoisotopic (exact) mass is 177 g/mol. The fourth-order valence-electron chi connectivity index (χ4n) is 1.18. The predicted molar refractivity (Wildman–Crippen MR) is 40.8 cm³/mol. The summed E-state index contributed by atoms with van der Waals surface area (Å²) >= 11 is -2.19. The average molecular weight is 177 g/mol. The van der Waals surface area contributed by atoms with E-state index in [9.17, 15) is 9.00 Å². The van der Waals surface area contributed by atoms with Gasteiger partial charge in [-0.1, -0.05) is 13.3 Å². The highest BCUT2D eigenvalue weighted by Crippen LogP contribution is 2.40. The normalized spacial score (nSPS) is 31.1. The minimum atomic E-state index is -2.19. The second-order valence-electron chi connectivity index (χ2n) is 2.73. The molecule has 0 aromatic heterocycles. The van der Waals surface area contributed by atoms with E-state index in [2.05, 4.69) is 0 Å². The molecule has 0 heterocycles. The topological polar surface area (TPSA) is 66.4 Å². The third kappa shape index (κ3) is 2.27. The molecule has 4 nitrogen and oxygen atoms in total. The van der Waals surface area contributed by atoms with E-state index in [0.29, 0.717) is 5.92 Å². The Morgan fingerprint density at radius 3 is 2.82 bits per heavy atom. The molecule has 0 aromatic carbocycles. The van der Waals surface area contributed by atoms with Crippen LogP contribution in [0.1, 0.15) is 19.8 Å². The maximum atomic E-state index is 10.9. The van der Waals surface area contributed by atoms with Crippen molar-refractivity contribution >= 4 is 17.2 Å². The highest BCUT2D eigenvalue weighted by atomic mass is 32.2. The van der Waals surface area contributed by atoms with Crippen molar-refractivity contribution in [2.24, 2.45) is 11.8 Å². The van der Waals surface area contributed by atoms with Crippen molar-refractivity contribution < 1.29 is 13.6 Å². The lowest BCUT2D eigenvalue weighted by Crippen LogP contribution is -2.26. The lowest BCUT2D eigenvalue weighted by Gasteiger charge is -1.96. The van der Waals surface area contributed by atoms with Gasteiger partial charge in [-0.3, -0.25) is 14.1 Å². The summed E-state index contributed by atoms with van der Waals surface area (Å²) in [7, 11) is 0. The van der Waals surface area contributed by atoms with Crippen LogP contribution in [0.5, 0.6) is 0 Å². The standard InChI is InChI=1S/C6H11NO3S/c1-2-4-3-5(4)6(8)7-11(9)10/h4-5H,2-3H2,1H3,(H,7,8)(H,9,10). The Balaban J connectivity index is 2.28. The smallest absolute Gasteiger partial charge is 0.261 e.